The molecule has 6 heteroatoms. The van der Waals surface area contributed by atoms with Crippen molar-refractivity contribution >= 4 is 5.97 Å². The van der Waals surface area contributed by atoms with E-state index < -0.39 is 31.0 Å². The summed E-state index contributed by atoms with van der Waals surface area (Å²) in [4.78, 5) is 10.0. The number of nitrogens with two attached hydrogens (primary N) is 1. The van der Waals surface area contributed by atoms with Crippen molar-refractivity contribution in [1.29, 1.82) is 0 Å². The van der Waals surface area contributed by atoms with Crippen LogP contribution in [0.3, 0.4) is 0 Å². The Bertz CT molecular complexity index is 145. The summed E-state index contributed by atoms with van der Waals surface area (Å²) in [6.07, 6.45) is -5.82. The third-order valence-corrected chi connectivity index (χ3v) is 1.11. The van der Waals surface area contributed by atoms with Crippen LogP contribution in [0.1, 0.15) is 6.42 Å². The van der Waals surface area contributed by atoms with Gasteiger partial charge in [-0.3, -0.25) is 4.79 Å². The number of aliphatic carboxylic acids is 1. The van der Waals surface area contributed by atoms with Crippen molar-refractivity contribution in [3.05, 3.63) is 0 Å². The summed E-state index contributed by atoms with van der Waals surface area (Å²) in [7, 11) is 0. The molecule has 0 amide bonds. The summed E-state index contributed by atoms with van der Waals surface area (Å²) in [5.41, 5.74) is 4.80. The van der Waals surface area contributed by atoms with Crippen molar-refractivity contribution in [3.63, 3.8) is 0 Å². The molecule has 3 nitrogen and oxygen atoms in total. The van der Waals surface area contributed by atoms with Crippen LogP contribution in [0.2, 0.25) is 0 Å². The SMILES string of the molecule is NCC(CC(F)(F)F)C(=O)O. The first-order valence-corrected chi connectivity index (χ1v) is 2.86. The maximum Gasteiger partial charge on any atom is 0.390 e. The van der Waals surface area contributed by atoms with Gasteiger partial charge < -0.3 is 10.8 Å². The minimum Gasteiger partial charge on any atom is -0.481 e. The van der Waals surface area contributed by atoms with Gasteiger partial charge in [-0.05, 0) is 0 Å². The highest BCUT2D eigenvalue weighted by Crippen LogP contribution is 2.24. The van der Waals surface area contributed by atoms with Crippen LogP contribution in [0.4, 0.5) is 13.2 Å². The molecular formula is C5H8F3NO2. The number of hydrogen-bond acceptors (Lipinski definition) is 2. The Labute approximate surface area is 61.0 Å². The molecule has 0 heterocycles. The molecule has 0 fully saturated rings. The Balaban J connectivity index is 3.99. The predicted octanol–water partition coefficient (Wildman–Crippen LogP) is 0.598. The Morgan fingerprint density at radius 1 is 1.55 bits per heavy atom. The molecule has 1 atom stereocenters. The molecule has 3 N–H and O–H groups in total. The van der Waals surface area contributed by atoms with Gasteiger partial charge in [0.2, 0.25) is 0 Å². The van der Waals surface area contributed by atoms with E-state index in [0.717, 1.165) is 0 Å². The van der Waals surface area contributed by atoms with Crippen molar-refractivity contribution in [2.24, 2.45) is 11.7 Å². The van der Waals surface area contributed by atoms with Crippen molar-refractivity contribution in [2.45, 2.75) is 12.6 Å². The second-order valence-electron chi connectivity index (χ2n) is 2.09. The minimum atomic E-state index is -4.46. The normalized spacial score (nSPS) is 14.5. The van der Waals surface area contributed by atoms with Crippen LogP contribution >= 0.6 is 0 Å². The van der Waals surface area contributed by atoms with Crippen molar-refractivity contribution in [2.75, 3.05) is 6.54 Å². The zero-order valence-electron chi connectivity index (χ0n) is 5.56. The van der Waals surface area contributed by atoms with Crippen molar-refractivity contribution in [1.82, 2.24) is 0 Å². The first kappa shape index (κ1) is 10.2. The largest absolute Gasteiger partial charge is 0.481 e. The number of carboxylic acid groups (broad SMARTS) is 1. The fourth-order valence-corrected chi connectivity index (χ4v) is 0.551. The second kappa shape index (κ2) is 3.56. The summed E-state index contributed by atoms with van der Waals surface area (Å²) >= 11 is 0. The molecule has 0 rings (SSSR count). The lowest BCUT2D eigenvalue weighted by Crippen LogP contribution is -2.28. The third kappa shape index (κ3) is 4.60. The molecule has 66 valence electrons. The van der Waals surface area contributed by atoms with Crippen LogP contribution in [-0.4, -0.2) is 23.8 Å². The van der Waals surface area contributed by atoms with Crippen LogP contribution in [0.25, 0.3) is 0 Å². The summed E-state index contributed by atoms with van der Waals surface area (Å²) in [6.45, 7) is -0.491. The average molecular weight is 171 g/mol. The Morgan fingerprint density at radius 3 is 2.09 bits per heavy atom. The molecule has 0 saturated heterocycles. The van der Waals surface area contributed by atoms with Gasteiger partial charge in [0.25, 0.3) is 0 Å². The van der Waals surface area contributed by atoms with E-state index in [1.165, 1.54) is 0 Å². The summed E-state index contributed by atoms with van der Waals surface area (Å²) in [5.74, 6) is -3.03. The number of hydrogen-bond donors (Lipinski definition) is 2. The Kier molecular flexibility index (Phi) is 3.31. The fourth-order valence-electron chi connectivity index (χ4n) is 0.551. The van der Waals surface area contributed by atoms with Crippen LogP contribution < -0.4 is 5.73 Å². The topological polar surface area (TPSA) is 63.3 Å². The summed E-state index contributed by atoms with van der Waals surface area (Å²) < 4.78 is 34.6. The molecule has 0 aromatic heterocycles. The molecule has 0 aromatic carbocycles. The number of carboxylic acids is 1. The van der Waals surface area contributed by atoms with E-state index in [1.807, 2.05) is 0 Å². The Hall–Kier alpha value is -0.780. The number of alkyl halides is 3. The van der Waals surface area contributed by atoms with E-state index >= 15 is 0 Å². The van der Waals surface area contributed by atoms with Gasteiger partial charge in [0, 0.05) is 6.54 Å². The molecule has 0 bridgehead atoms. The highest BCUT2D eigenvalue weighted by molar-refractivity contribution is 5.70. The molecule has 0 aromatic rings. The van der Waals surface area contributed by atoms with Crippen LogP contribution in [0.15, 0.2) is 0 Å². The van der Waals surface area contributed by atoms with E-state index in [2.05, 4.69) is 0 Å². The first-order chi connectivity index (χ1) is 4.87. The maximum absolute atomic E-state index is 11.5. The zero-order chi connectivity index (χ0) is 9.07. The van der Waals surface area contributed by atoms with Gasteiger partial charge in [-0.2, -0.15) is 13.2 Å². The van der Waals surface area contributed by atoms with E-state index in [9.17, 15) is 18.0 Å². The molecule has 11 heavy (non-hydrogen) atoms. The number of carbonyl (C=O) groups is 1. The smallest absolute Gasteiger partial charge is 0.390 e. The predicted molar refractivity (Wildman–Crippen MR) is 30.9 cm³/mol. The van der Waals surface area contributed by atoms with Gasteiger partial charge in [-0.1, -0.05) is 0 Å². The molecule has 0 aliphatic carbocycles. The zero-order valence-corrected chi connectivity index (χ0v) is 5.56. The van der Waals surface area contributed by atoms with Crippen LogP contribution in [0.5, 0.6) is 0 Å². The van der Waals surface area contributed by atoms with E-state index in [-0.39, 0.29) is 0 Å². The average Bonchev–Trinajstić information content (AvgIpc) is 1.80. The van der Waals surface area contributed by atoms with Gasteiger partial charge in [-0.15, -0.1) is 0 Å². The summed E-state index contributed by atoms with van der Waals surface area (Å²) in [6, 6.07) is 0. The van der Waals surface area contributed by atoms with Gasteiger partial charge in [0.05, 0.1) is 12.3 Å². The van der Waals surface area contributed by atoms with E-state index in [0.29, 0.717) is 0 Å². The number of halogens is 3. The fraction of sp³-hybridized carbons (Fsp3) is 0.800. The molecule has 0 spiro atoms. The lowest BCUT2D eigenvalue weighted by Gasteiger charge is -2.11. The molecule has 0 aliphatic rings. The number of rotatable bonds is 3. The van der Waals surface area contributed by atoms with Crippen LogP contribution in [-0.2, 0) is 4.79 Å². The van der Waals surface area contributed by atoms with Gasteiger partial charge in [0.15, 0.2) is 0 Å². The molecule has 0 radical (unpaired) electrons. The lowest BCUT2D eigenvalue weighted by molar-refractivity contribution is -0.162. The third-order valence-electron chi connectivity index (χ3n) is 1.11. The van der Waals surface area contributed by atoms with Gasteiger partial charge in [0.1, 0.15) is 0 Å². The monoisotopic (exact) mass is 171 g/mol. The lowest BCUT2D eigenvalue weighted by atomic mass is 10.1. The van der Waals surface area contributed by atoms with Gasteiger partial charge in [-0.25, -0.2) is 0 Å². The van der Waals surface area contributed by atoms with Crippen molar-refractivity contribution < 1.29 is 23.1 Å². The van der Waals surface area contributed by atoms with Crippen LogP contribution in [0, 0.1) is 5.92 Å². The van der Waals surface area contributed by atoms with E-state index in [4.69, 9.17) is 10.8 Å². The molecule has 1 unspecified atom stereocenters. The second-order valence-corrected chi connectivity index (χ2v) is 2.09. The summed E-state index contributed by atoms with van der Waals surface area (Å²) in [5, 5.41) is 8.16. The standard InChI is InChI=1S/C5H8F3NO2/c6-5(7,8)1-3(2-9)4(10)11/h3H,1-2,9H2,(H,10,11). The van der Waals surface area contributed by atoms with E-state index in [1.54, 1.807) is 0 Å². The van der Waals surface area contributed by atoms with Crippen molar-refractivity contribution in [3.8, 4) is 0 Å². The van der Waals surface area contributed by atoms with Gasteiger partial charge >= 0.3 is 12.1 Å². The first-order valence-electron chi connectivity index (χ1n) is 2.86. The quantitative estimate of drug-likeness (QED) is 0.653. The highest BCUT2D eigenvalue weighted by atomic mass is 19.4. The Morgan fingerprint density at radius 2 is 2.00 bits per heavy atom. The maximum atomic E-state index is 11.5. The molecule has 0 aliphatic heterocycles. The molecule has 0 saturated carbocycles. The minimum absolute atomic E-state index is 0.491. The molecular weight excluding hydrogens is 163 g/mol. The highest BCUT2D eigenvalue weighted by Gasteiger charge is 2.34.